The summed E-state index contributed by atoms with van der Waals surface area (Å²) < 4.78 is 11.1. The molecule has 0 heterocycles. The number of carboxylic acids is 1. The molecule has 0 atom stereocenters. The van der Waals surface area contributed by atoms with E-state index in [-0.39, 0.29) is 31.0 Å². The van der Waals surface area contributed by atoms with Gasteiger partial charge >= 0.3 is 12.0 Å². The van der Waals surface area contributed by atoms with Crippen molar-refractivity contribution in [1.29, 1.82) is 0 Å². The Labute approximate surface area is 202 Å². The molecule has 10 heteroatoms. The molecule has 2 aromatic carbocycles. The second kappa shape index (κ2) is 12.1. The van der Waals surface area contributed by atoms with Gasteiger partial charge in [0.2, 0.25) is 0 Å². The largest absolute Gasteiger partial charge is 0.495 e. The van der Waals surface area contributed by atoms with Crippen LogP contribution in [0, 0.1) is 5.92 Å². The van der Waals surface area contributed by atoms with Crippen LogP contribution in [0.25, 0.3) is 0 Å². The quantitative estimate of drug-likeness (QED) is 0.395. The lowest BCUT2D eigenvalue weighted by Crippen LogP contribution is -2.36. The maximum absolute atomic E-state index is 12.3. The highest BCUT2D eigenvalue weighted by molar-refractivity contribution is 6.31. The third-order valence-electron chi connectivity index (χ3n) is 5.55. The predicted molar refractivity (Wildman–Crippen MR) is 128 cm³/mol. The van der Waals surface area contributed by atoms with Crippen molar-refractivity contribution in [1.82, 2.24) is 10.6 Å². The Morgan fingerprint density at radius 1 is 1.00 bits per heavy atom. The molecule has 182 valence electrons. The summed E-state index contributed by atoms with van der Waals surface area (Å²) in [4.78, 5) is 35.5. The van der Waals surface area contributed by atoms with Gasteiger partial charge in [-0.2, -0.15) is 0 Å². The van der Waals surface area contributed by atoms with Crippen LogP contribution in [0.4, 0.5) is 10.5 Å². The first-order valence-electron chi connectivity index (χ1n) is 11.0. The topological polar surface area (TPSA) is 126 Å². The van der Waals surface area contributed by atoms with Gasteiger partial charge in [0.25, 0.3) is 5.91 Å². The van der Waals surface area contributed by atoms with Crippen LogP contribution in [0.2, 0.25) is 5.02 Å². The van der Waals surface area contributed by atoms with Crippen LogP contribution >= 0.6 is 11.6 Å². The van der Waals surface area contributed by atoms with Crippen LogP contribution in [0.15, 0.2) is 42.5 Å². The number of anilines is 1. The van der Waals surface area contributed by atoms with Gasteiger partial charge in [-0.15, -0.1) is 0 Å². The number of amides is 3. The number of nitrogens with one attached hydrogen (secondary N) is 3. The first-order chi connectivity index (χ1) is 16.4. The molecule has 2 aromatic rings. The lowest BCUT2D eigenvalue weighted by atomic mass is 9.87. The molecule has 4 N–H and O–H groups in total. The van der Waals surface area contributed by atoms with E-state index in [4.69, 9.17) is 26.2 Å². The molecule has 34 heavy (non-hydrogen) atoms. The van der Waals surface area contributed by atoms with Gasteiger partial charge in [0, 0.05) is 23.7 Å². The first kappa shape index (κ1) is 25.2. The number of carboxylic acid groups (broad SMARTS) is 1. The third-order valence-corrected chi connectivity index (χ3v) is 5.78. The zero-order valence-electron chi connectivity index (χ0n) is 18.8. The van der Waals surface area contributed by atoms with Crippen LogP contribution in [0.1, 0.15) is 36.0 Å². The van der Waals surface area contributed by atoms with Gasteiger partial charge in [-0.3, -0.25) is 9.59 Å². The summed E-state index contributed by atoms with van der Waals surface area (Å²) in [5, 5.41) is 17.6. The molecule has 1 aliphatic rings. The minimum atomic E-state index is -0.744. The standard InChI is InChI=1S/C24H28ClN3O6/c1-33-21-11-6-17(25)14-20(21)28-24(32)27-13-12-26-22(29)15-2-7-18(8-3-15)34-19-9-4-16(5-10-19)23(30)31/h2-3,6-8,11,14,16,19H,4-5,9-10,12-13H2,1H3,(H,26,29)(H,30,31)(H2,27,28,32)/t16-,19+. The second-order valence-corrected chi connectivity index (χ2v) is 8.37. The number of hydrogen-bond donors (Lipinski definition) is 4. The van der Waals surface area contributed by atoms with E-state index in [0.29, 0.717) is 53.5 Å². The van der Waals surface area contributed by atoms with Crippen LogP contribution in [0.5, 0.6) is 11.5 Å². The summed E-state index contributed by atoms with van der Waals surface area (Å²) in [6.45, 7) is 0.463. The first-order valence-corrected chi connectivity index (χ1v) is 11.4. The van der Waals surface area contributed by atoms with Crippen molar-refractivity contribution in [3.8, 4) is 11.5 Å². The molecule has 1 saturated carbocycles. The van der Waals surface area contributed by atoms with E-state index in [1.165, 1.54) is 7.11 Å². The Bertz CT molecular complexity index is 1010. The number of aliphatic carboxylic acids is 1. The minimum absolute atomic E-state index is 0.0145. The molecule has 3 amide bonds. The highest BCUT2D eigenvalue weighted by atomic mass is 35.5. The van der Waals surface area contributed by atoms with Gasteiger partial charge in [0.15, 0.2) is 0 Å². The van der Waals surface area contributed by atoms with E-state index in [2.05, 4.69) is 16.0 Å². The number of urea groups is 1. The molecule has 0 aromatic heterocycles. The number of carbonyl (C=O) groups is 3. The zero-order chi connectivity index (χ0) is 24.5. The maximum Gasteiger partial charge on any atom is 0.319 e. The molecule has 1 fully saturated rings. The zero-order valence-corrected chi connectivity index (χ0v) is 19.6. The monoisotopic (exact) mass is 489 g/mol. The number of ether oxygens (including phenoxy) is 2. The van der Waals surface area contributed by atoms with E-state index in [1.54, 1.807) is 42.5 Å². The van der Waals surface area contributed by atoms with E-state index in [1.807, 2.05) is 0 Å². The van der Waals surface area contributed by atoms with E-state index in [0.717, 1.165) is 0 Å². The van der Waals surface area contributed by atoms with E-state index in [9.17, 15) is 14.4 Å². The summed E-state index contributed by atoms with van der Waals surface area (Å²) in [6.07, 6.45) is 2.60. The van der Waals surface area contributed by atoms with Crippen molar-refractivity contribution >= 4 is 35.2 Å². The number of halogens is 1. The second-order valence-electron chi connectivity index (χ2n) is 7.94. The van der Waals surface area contributed by atoms with E-state index < -0.39 is 12.0 Å². The Morgan fingerprint density at radius 3 is 2.32 bits per heavy atom. The molecule has 3 rings (SSSR count). The molecular weight excluding hydrogens is 462 g/mol. The molecule has 0 saturated heterocycles. The lowest BCUT2D eigenvalue weighted by Gasteiger charge is -2.26. The van der Waals surface area contributed by atoms with Crippen LogP contribution in [0.3, 0.4) is 0 Å². The molecular formula is C24H28ClN3O6. The van der Waals surface area contributed by atoms with Gasteiger partial charge in [-0.1, -0.05) is 11.6 Å². The Balaban J connectivity index is 1.38. The molecule has 0 unspecified atom stereocenters. The van der Waals surface area contributed by atoms with Crippen molar-refractivity contribution in [2.75, 3.05) is 25.5 Å². The maximum atomic E-state index is 12.3. The smallest absolute Gasteiger partial charge is 0.319 e. The van der Waals surface area contributed by atoms with Crippen molar-refractivity contribution in [3.05, 3.63) is 53.1 Å². The Morgan fingerprint density at radius 2 is 1.68 bits per heavy atom. The van der Waals surface area contributed by atoms with Crippen molar-refractivity contribution in [3.63, 3.8) is 0 Å². The molecule has 0 radical (unpaired) electrons. The summed E-state index contributed by atoms with van der Waals surface area (Å²) in [7, 11) is 1.49. The number of benzene rings is 2. The van der Waals surface area contributed by atoms with Crippen molar-refractivity contribution < 1.29 is 29.0 Å². The highest BCUT2D eigenvalue weighted by Gasteiger charge is 2.26. The van der Waals surface area contributed by atoms with E-state index >= 15 is 0 Å². The highest BCUT2D eigenvalue weighted by Crippen LogP contribution is 2.28. The SMILES string of the molecule is COc1ccc(Cl)cc1NC(=O)NCCNC(=O)c1ccc(O[C@H]2CC[C@@H](C(=O)O)CC2)cc1. The predicted octanol–water partition coefficient (Wildman–Crippen LogP) is 3.92. The lowest BCUT2D eigenvalue weighted by molar-refractivity contribution is -0.143. The fraction of sp³-hybridized carbons (Fsp3) is 0.375. The summed E-state index contributed by atoms with van der Waals surface area (Å²) in [6, 6.07) is 11.2. The number of hydrogen-bond acceptors (Lipinski definition) is 5. The van der Waals surface area contributed by atoms with Crippen molar-refractivity contribution in [2.45, 2.75) is 31.8 Å². The fourth-order valence-electron chi connectivity index (χ4n) is 3.70. The van der Waals surface area contributed by atoms with Crippen LogP contribution in [-0.4, -0.2) is 49.3 Å². The average molecular weight is 490 g/mol. The van der Waals surface area contributed by atoms with Gasteiger partial charge in [0.1, 0.15) is 11.5 Å². The molecule has 0 bridgehead atoms. The van der Waals surface area contributed by atoms with Crippen LogP contribution in [-0.2, 0) is 4.79 Å². The van der Waals surface area contributed by atoms with Gasteiger partial charge in [-0.25, -0.2) is 4.79 Å². The van der Waals surface area contributed by atoms with Crippen LogP contribution < -0.4 is 25.4 Å². The molecule has 9 nitrogen and oxygen atoms in total. The number of methoxy groups -OCH3 is 1. The number of carbonyl (C=O) groups excluding carboxylic acids is 2. The Hall–Kier alpha value is -3.46. The minimum Gasteiger partial charge on any atom is -0.495 e. The van der Waals surface area contributed by atoms with Gasteiger partial charge < -0.3 is 30.5 Å². The van der Waals surface area contributed by atoms with Gasteiger partial charge in [-0.05, 0) is 68.1 Å². The summed E-state index contributed by atoms with van der Waals surface area (Å²) in [5.41, 5.74) is 0.906. The normalized spacial score (nSPS) is 17.4. The summed E-state index contributed by atoms with van der Waals surface area (Å²) >= 11 is 5.95. The Kier molecular flexibility index (Phi) is 8.98. The third kappa shape index (κ3) is 7.28. The van der Waals surface area contributed by atoms with Gasteiger partial charge in [0.05, 0.1) is 24.8 Å². The summed E-state index contributed by atoms with van der Waals surface area (Å²) in [5.74, 6) is -0.178. The average Bonchev–Trinajstić information content (AvgIpc) is 2.82. The van der Waals surface area contributed by atoms with Crippen molar-refractivity contribution in [2.24, 2.45) is 5.92 Å². The molecule has 1 aliphatic carbocycles. The fourth-order valence-corrected chi connectivity index (χ4v) is 3.88. The molecule has 0 aliphatic heterocycles. The molecule has 0 spiro atoms. The number of rotatable bonds is 9.